The van der Waals surface area contributed by atoms with E-state index in [1.54, 1.807) is 4.90 Å². The number of para-hydroxylation sites is 2. The van der Waals surface area contributed by atoms with Gasteiger partial charge in [-0.2, -0.15) is 0 Å². The Morgan fingerprint density at radius 3 is 2.64 bits per heavy atom. The molecule has 1 aromatic heterocycles. The molecule has 25 heavy (non-hydrogen) atoms. The number of amides is 1. The van der Waals surface area contributed by atoms with Gasteiger partial charge in [-0.1, -0.05) is 24.3 Å². The van der Waals surface area contributed by atoms with E-state index in [9.17, 15) is 4.79 Å². The van der Waals surface area contributed by atoms with Crippen LogP contribution in [-0.4, -0.2) is 34.4 Å². The monoisotopic (exact) mass is 337 g/mol. The molecule has 1 heterocycles. The molecule has 0 unspecified atom stereocenters. The van der Waals surface area contributed by atoms with Crippen LogP contribution in [0.2, 0.25) is 0 Å². The molecule has 3 rings (SSSR count). The Hall–Kier alpha value is -2.82. The van der Waals surface area contributed by atoms with Crippen LogP contribution < -0.4 is 4.74 Å². The first-order chi connectivity index (χ1) is 12.2. The molecule has 130 valence electrons. The fourth-order valence-electron chi connectivity index (χ4n) is 2.76. The predicted octanol–water partition coefficient (Wildman–Crippen LogP) is 3.55. The number of aromatic amines is 1. The first kappa shape index (κ1) is 17.0. The molecule has 1 N–H and O–H groups in total. The lowest BCUT2D eigenvalue weighted by molar-refractivity contribution is -0.130. The summed E-state index contributed by atoms with van der Waals surface area (Å²) in [5.41, 5.74) is 3.03. The van der Waals surface area contributed by atoms with E-state index < -0.39 is 0 Å². The smallest absolute Gasteiger partial charge is 0.223 e. The summed E-state index contributed by atoms with van der Waals surface area (Å²) < 4.78 is 5.43. The first-order valence-corrected chi connectivity index (χ1v) is 8.55. The summed E-state index contributed by atoms with van der Waals surface area (Å²) in [6.07, 6.45) is 1.05. The molecule has 0 bridgehead atoms. The molecular formula is C20H23N3O2. The molecule has 0 radical (unpaired) electrons. The van der Waals surface area contributed by atoms with Gasteiger partial charge < -0.3 is 14.6 Å². The third kappa shape index (κ3) is 4.38. The number of aromatic nitrogens is 2. The van der Waals surface area contributed by atoms with Crippen LogP contribution >= 0.6 is 0 Å². The van der Waals surface area contributed by atoms with E-state index >= 15 is 0 Å². The highest BCUT2D eigenvalue weighted by Crippen LogP contribution is 2.15. The summed E-state index contributed by atoms with van der Waals surface area (Å²) in [4.78, 5) is 21.9. The van der Waals surface area contributed by atoms with Crippen LogP contribution in [0.25, 0.3) is 11.0 Å². The van der Waals surface area contributed by atoms with Crippen molar-refractivity contribution in [1.29, 1.82) is 0 Å². The van der Waals surface area contributed by atoms with Crippen molar-refractivity contribution in [3.05, 3.63) is 59.9 Å². The summed E-state index contributed by atoms with van der Waals surface area (Å²) in [6.45, 7) is 3.20. The maximum Gasteiger partial charge on any atom is 0.223 e. The Morgan fingerprint density at radius 2 is 1.92 bits per heavy atom. The SMILES string of the molecule is CCOc1ccc(CN(C)C(=O)CCc2nc3ccccc3[nH]2)cc1. The van der Waals surface area contributed by atoms with Gasteiger partial charge in [0.2, 0.25) is 5.91 Å². The molecule has 0 aliphatic heterocycles. The number of fused-ring (bicyclic) bond motifs is 1. The zero-order valence-electron chi connectivity index (χ0n) is 14.7. The Balaban J connectivity index is 1.53. The van der Waals surface area contributed by atoms with Crippen LogP contribution in [0.3, 0.4) is 0 Å². The fourth-order valence-corrected chi connectivity index (χ4v) is 2.76. The van der Waals surface area contributed by atoms with Crippen LogP contribution in [-0.2, 0) is 17.8 Å². The molecule has 0 aliphatic carbocycles. The summed E-state index contributed by atoms with van der Waals surface area (Å²) in [5.74, 6) is 1.81. The van der Waals surface area contributed by atoms with Gasteiger partial charge in [0.05, 0.1) is 17.6 Å². The highest BCUT2D eigenvalue weighted by molar-refractivity contribution is 5.77. The first-order valence-electron chi connectivity index (χ1n) is 8.55. The van der Waals surface area contributed by atoms with Gasteiger partial charge in [-0.15, -0.1) is 0 Å². The normalized spacial score (nSPS) is 10.8. The standard InChI is InChI=1S/C20H23N3O2/c1-3-25-16-10-8-15(9-11-16)14-23(2)20(24)13-12-19-21-17-6-4-5-7-18(17)22-19/h4-11H,3,12-14H2,1-2H3,(H,21,22). The minimum Gasteiger partial charge on any atom is -0.494 e. The molecule has 0 saturated heterocycles. The van der Waals surface area contributed by atoms with E-state index in [-0.39, 0.29) is 5.91 Å². The number of rotatable bonds is 7. The van der Waals surface area contributed by atoms with Gasteiger partial charge in [-0.3, -0.25) is 4.79 Å². The maximum absolute atomic E-state index is 12.4. The van der Waals surface area contributed by atoms with Crippen LogP contribution in [0, 0.1) is 0 Å². The number of benzene rings is 2. The highest BCUT2D eigenvalue weighted by Gasteiger charge is 2.11. The van der Waals surface area contributed by atoms with Crippen LogP contribution in [0.1, 0.15) is 24.7 Å². The molecule has 0 saturated carbocycles. The van der Waals surface area contributed by atoms with Crippen molar-refractivity contribution in [3.8, 4) is 5.75 Å². The molecule has 0 atom stereocenters. The van der Waals surface area contributed by atoms with E-state index in [2.05, 4.69) is 9.97 Å². The van der Waals surface area contributed by atoms with Gasteiger partial charge in [0.1, 0.15) is 11.6 Å². The minimum absolute atomic E-state index is 0.106. The number of carbonyl (C=O) groups is 1. The van der Waals surface area contributed by atoms with Crippen molar-refractivity contribution in [2.45, 2.75) is 26.3 Å². The predicted molar refractivity (Wildman–Crippen MR) is 98.5 cm³/mol. The zero-order chi connectivity index (χ0) is 17.6. The number of H-pyrrole nitrogens is 1. The van der Waals surface area contributed by atoms with E-state index in [0.717, 1.165) is 28.2 Å². The van der Waals surface area contributed by atoms with Gasteiger partial charge in [0.15, 0.2) is 0 Å². The Bertz CT molecular complexity index is 807. The molecule has 2 aromatic carbocycles. The van der Waals surface area contributed by atoms with Crippen LogP contribution in [0.5, 0.6) is 5.75 Å². The average Bonchev–Trinajstić information content (AvgIpc) is 3.04. The second kappa shape index (κ2) is 7.83. The topological polar surface area (TPSA) is 58.2 Å². The van der Waals surface area contributed by atoms with Crippen molar-refractivity contribution in [3.63, 3.8) is 0 Å². The Kier molecular flexibility index (Phi) is 5.33. The van der Waals surface area contributed by atoms with Crippen molar-refractivity contribution in [2.75, 3.05) is 13.7 Å². The Labute approximate surface area is 147 Å². The van der Waals surface area contributed by atoms with Crippen LogP contribution in [0.15, 0.2) is 48.5 Å². The van der Waals surface area contributed by atoms with Crippen molar-refractivity contribution < 1.29 is 9.53 Å². The van der Waals surface area contributed by atoms with Gasteiger partial charge in [0.25, 0.3) is 0 Å². The summed E-state index contributed by atoms with van der Waals surface area (Å²) in [5, 5.41) is 0. The van der Waals surface area contributed by atoms with E-state index in [0.29, 0.717) is 26.0 Å². The van der Waals surface area contributed by atoms with Gasteiger partial charge >= 0.3 is 0 Å². The minimum atomic E-state index is 0.106. The average molecular weight is 337 g/mol. The number of hydrogen-bond acceptors (Lipinski definition) is 3. The lowest BCUT2D eigenvalue weighted by atomic mass is 10.2. The van der Waals surface area contributed by atoms with Gasteiger partial charge in [-0.25, -0.2) is 4.98 Å². The molecule has 3 aromatic rings. The Morgan fingerprint density at radius 1 is 1.16 bits per heavy atom. The number of carbonyl (C=O) groups excluding carboxylic acids is 1. The molecule has 0 spiro atoms. The summed E-state index contributed by atoms with van der Waals surface area (Å²) in [7, 11) is 1.83. The van der Waals surface area contributed by atoms with E-state index in [1.165, 1.54) is 0 Å². The molecule has 1 amide bonds. The van der Waals surface area contributed by atoms with Crippen LogP contribution in [0.4, 0.5) is 0 Å². The van der Waals surface area contributed by atoms with E-state index in [1.807, 2.05) is 62.5 Å². The van der Waals surface area contributed by atoms with E-state index in [4.69, 9.17) is 4.74 Å². The second-order valence-corrected chi connectivity index (χ2v) is 6.03. The third-order valence-electron chi connectivity index (χ3n) is 4.09. The van der Waals surface area contributed by atoms with Crippen molar-refractivity contribution >= 4 is 16.9 Å². The number of aryl methyl sites for hydroxylation is 1. The summed E-state index contributed by atoms with van der Waals surface area (Å²) >= 11 is 0. The number of imidazole rings is 1. The molecule has 0 aliphatic rings. The van der Waals surface area contributed by atoms with Gasteiger partial charge in [-0.05, 0) is 36.8 Å². The number of ether oxygens (including phenoxy) is 1. The van der Waals surface area contributed by atoms with Crippen molar-refractivity contribution in [2.24, 2.45) is 0 Å². The molecule has 5 heteroatoms. The molecular weight excluding hydrogens is 314 g/mol. The zero-order valence-corrected chi connectivity index (χ0v) is 14.7. The summed E-state index contributed by atoms with van der Waals surface area (Å²) in [6, 6.07) is 15.8. The molecule has 5 nitrogen and oxygen atoms in total. The molecule has 0 fully saturated rings. The number of nitrogens with zero attached hydrogens (tertiary/aromatic N) is 2. The third-order valence-corrected chi connectivity index (χ3v) is 4.09. The van der Waals surface area contributed by atoms with Crippen molar-refractivity contribution in [1.82, 2.24) is 14.9 Å². The second-order valence-electron chi connectivity index (χ2n) is 6.03. The lowest BCUT2D eigenvalue weighted by Gasteiger charge is -2.17. The maximum atomic E-state index is 12.4. The fraction of sp³-hybridized carbons (Fsp3) is 0.300. The van der Waals surface area contributed by atoms with Gasteiger partial charge in [0, 0.05) is 26.4 Å². The number of hydrogen-bond donors (Lipinski definition) is 1. The largest absolute Gasteiger partial charge is 0.494 e. The highest BCUT2D eigenvalue weighted by atomic mass is 16.5. The number of nitrogens with one attached hydrogen (secondary N) is 1. The quantitative estimate of drug-likeness (QED) is 0.717. The lowest BCUT2D eigenvalue weighted by Crippen LogP contribution is -2.26.